The first-order chi connectivity index (χ1) is 8.47. The topological polar surface area (TPSA) is 79.5 Å². The van der Waals surface area contributed by atoms with Crippen LogP contribution < -0.4 is 5.32 Å². The molecule has 5 nitrogen and oxygen atoms in total. The smallest absolute Gasteiger partial charge is 0.305 e. The maximum Gasteiger partial charge on any atom is 0.305 e. The van der Waals surface area contributed by atoms with Crippen LogP contribution in [0.2, 0.25) is 0 Å². The summed E-state index contributed by atoms with van der Waals surface area (Å²) < 4.78 is 5.46. The molecule has 100 valence electrons. The molecular formula is C13H19NO4. The lowest BCUT2D eigenvalue weighted by Gasteiger charge is -2.09. The number of furan rings is 1. The minimum absolute atomic E-state index is 0.103. The largest absolute Gasteiger partial charge is 0.481 e. The van der Waals surface area contributed by atoms with Crippen molar-refractivity contribution >= 4 is 11.9 Å². The number of carbonyl (C=O) groups excluding carboxylic acids is 1. The molecule has 0 fully saturated rings. The van der Waals surface area contributed by atoms with Crippen molar-refractivity contribution in [3.05, 3.63) is 23.2 Å². The minimum Gasteiger partial charge on any atom is -0.481 e. The highest BCUT2D eigenvalue weighted by molar-refractivity contribution is 5.92. The van der Waals surface area contributed by atoms with E-state index >= 15 is 0 Å². The van der Waals surface area contributed by atoms with Crippen molar-refractivity contribution < 1.29 is 19.1 Å². The molecule has 1 heterocycles. The van der Waals surface area contributed by atoms with Crippen molar-refractivity contribution in [2.24, 2.45) is 0 Å². The Morgan fingerprint density at radius 1 is 1.39 bits per heavy atom. The van der Waals surface area contributed by atoms with E-state index in [-0.39, 0.29) is 18.1 Å². The van der Waals surface area contributed by atoms with Crippen LogP contribution in [0.15, 0.2) is 10.5 Å². The van der Waals surface area contributed by atoms with Crippen LogP contribution in [0, 0.1) is 0 Å². The van der Waals surface area contributed by atoms with Crippen molar-refractivity contribution in [2.75, 3.05) is 0 Å². The first-order valence-corrected chi connectivity index (χ1v) is 6.12. The van der Waals surface area contributed by atoms with Crippen LogP contribution in [0.5, 0.6) is 0 Å². The van der Waals surface area contributed by atoms with Crippen LogP contribution in [-0.4, -0.2) is 23.0 Å². The summed E-state index contributed by atoms with van der Waals surface area (Å²) in [6.45, 7) is 5.61. The summed E-state index contributed by atoms with van der Waals surface area (Å²) in [6, 6.07) is 1.30. The zero-order valence-corrected chi connectivity index (χ0v) is 10.9. The molecule has 0 aromatic carbocycles. The maximum absolute atomic E-state index is 11.8. The van der Waals surface area contributed by atoms with Gasteiger partial charge in [0.1, 0.15) is 5.76 Å². The standard InChI is InChI=1S/C13H19NO4/c1-4-9-7-11(18-10(9)5-2)13(17)14-8(3)6-12(15)16/h7-8H,4-6H2,1-3H3,(H,14,17)(H,15,16). The Balaban J connectivity index is 2.72. The first kappa shape index (κ1) is 14.3. The molecule has 1 unspecified atom stereocenters. The second kappa shape index (κ2) is 6.23. The van der Waals surface area contributed by atoms with Crippen LogP contribution in [0.3, 0.4) is 0 Å². The predicted molar refractivity (Wildman–Crippen MR) is 66.6 cm³/mol. The fraction of sp³-hybridized carbons (Fsp3) is 0.538. The first-order valence-electron chi connectivity index (χ1n) is 6.12. The van der Waals surface area contributed by atoms with Gasteiger partial charge < -0.3 is 14.8 Å². The van der Waals surface area contributed by atoms with Gasteiger partial charge in [-0.25, -0.2) is 0 Å². The monoisotopic (exact) mass is 253 g/mol. The fourth-order valence-corrected chi connectivity index (χ4v) is 1.78. The van der Waals surface area contributed by atoms with E-state index in [1.54, 1.807) is 13.0 Å². The number of carboxylic acid groups (broad SMARTS) is 1. The third kappa shape index (κ3) is 3.61. The molecule has 5 heteroatoms. The molecule has 1 amide bonds. The SMILES string of the molecule is CCc1cc(C(=O)NC(C)CC(=O)O)oc1CC. The highest BCUT2D eigenvalue weighted by Gasteiger charge is 2.17. The summed E-state index contributed by atoms with van der Waals surface area (Å²) in [5.41, 5.74) is 1.02. The molecule has 0 spiro atoms. The third-order valence-corrected chi connectivity index (χ3v) is 2.68. The minimum atomic E-state index is -0.939. The van der Waals surface area contributed by atoms with Gasteiger partial charge in [0.25, 0.3) is 5.91 Å². The number of carbonyl (C=O) groups is 2. The van der Waals surface area contributed by atoms with Crippen molar-refractivity contribution in [3.63, 3.8) is 0 Å². The van der Waals surface area contributed by atoms with E-state index in [0.29, 0.717) is 0 Å². The second-order valence-corrected chi connectivity index (χ2v) is 4.24. The van der Waals surface area contributed by atoms with Gasteiger partial charge in [-0.05, 0) is 25.0 Å². The van der Waals surface area contributed by atoms with Crippen molar-refractivity contribution in [2.45, 2.75) is 46.1 Å². The Bertz CT molecular complexity index is 415. The number of amides is 1. The van der Waals surface area contributed by atoms with E-state index < -0.39 is 12.0 Å². The lowest BCUT2D eigenvalue weighted by molar-refractivity contribution is -0.137. The van der Waals surface area contributed by atoms with Crippen LogP contribution in [-0.2, 0) is 17.6 Å². The quantitative estimate of drug-likeness (QED) is 0.812. The summed E-state index contributed by atoms with van der Waals surface area (Å²) in [4.78, 5) is 22.3. The Morgan fingerprint density at radius 2 is 2.06 bits per heavy atom. The fourth-order valence-electron chi connectivity index (χ4n) is 1.78. The van der Waals surface area contributed by atoms with Crippen LogP contribution >= 0.6 is 0 Å². The molecule has 0 saturated carbocycles. The molecule has 0 radical (unpaired) electrons. The Hall–Kier alpha value is -1.78. The number of aryl methyl sites for hydroxylation is 2. The molecule has 18 heavy (non-hydrogen) atoms. The maximum atomic E-state index is 11.8. The molecule has 0 aliphatic rings. The van der Waals surface area contributed by atoms with E-state index in [4.69, 9.17) is 9.52 Å². The third-order valence-electron chi connectivity index (χ3n) is 2.68. The van der Waals surface area contributed by atoms with E-state index in [9.17, 15) is 9.59 Å². The van der Waals surface area contributed by atoms with Gasteiger partial charge in [0.15, 0.2) is 5.76 Å². The summed E-state index contributed by atoms with van der Waals surface area (Å²) in [5.74, 6) is -0.238. The van der Waals surface area contributed by atoms with Crippen molar-refractivity contribution in [3.8, 4) is 0 Å². The van der Waals surface area contributed by atoms with Gasteiger partial charge >= 0.3 is 5.97 Å². The molecule has 0 saturated heterocycles. The van der Waals surface area contributed by atoms with Crippen LogP contribution in [0.4, 0.5) is 0 Å². The molecule has 0 aliphatic carbocycles. The second-order valence-electron chi connectivity index (χ2n) is 4.24. The van der Waals surface area contributed by atoms with Gasteiger partial charge in [0.2, 0.25) is 0 Å². The molecule has 1 rings (SSSR count). The van der Waals surface area contributed by atoms with E-state index in [0.717, 1.165) is 24.2 Å². The molecule has 1 aromatic rings. The number of carboxylic acids is 1. The van der Waals surface area contributed by atoms with Gasteiger partial charge in [-0.3, -0.25) is 9.59 Å². The summed E-state index contributed by atoms with van der Waals surface area (Å²) in [7, 11) is 0. The lowest BCUT2D eigenvalue weighted by atomic mass is 10.1. The average Bonchev–Trinajstić information content (AvgIpc) is 2.70. The predicted octanol–water partition coefficient (Wildman–Crippen LogP) is 2.00. The molecule has 0 aliphatic heterocycles. The summed E-state index contributed by atoms with van der Waals surface area (Å²) >= 11 is 0. The number of nitrogens with one attached hydrogen (secondary N) is 1. The normalized spacial score (nSPS) is 12.2. The lowest BCUT2D eigenvalue weighted by Crippen LogP contribution is -2.33. The van der Waals surface area contributed by atoms with Gasteiger partial charge in [0, 0.05) is 12.5 Å². The molecule has 1 aromatic heterocycles. The average molecular weight is 253 g/mol. The Kier molecular flexibility index (Phi) is 4.95. The van der Waals surface area contributed by atoms with Crippen molar-refractivity contribution in [1.29, 1.82) is 0 Å². The Morgan fingerprint density at radius 3 is 2.50 bits per heavy atom. The van der Waals surface area contributed by atoms with E-state index in [1.807, 2.05) is 13.8 Å². The summed E-state index contributed by atoms with van der Waals surface area (Å²) in [6.07, 6.45) is 1.44. The molecule has 1 atom stereocenters. The van der Waals surface area contributed by atoms with E-state index in [2.05, 4.69) is 5.32 Å². The van der Waals surface area contributed by atoms with Gasteiger partial charge in [-0.15, -0.1) is 0 Å². The Labute approximate surface area is 106 Å². The zero-order valence-electron chi connectivity index (χ0n) is 10.9. The molecule has 2 N–H and O–H groups in total. The van der Waals surface area contributed by atoms with Crippen LogP contribution in [0.1, 0.15) is 49.1 Å². The van der Waals surface area contributed by atoms with Gasteiger partial charge in [-0.2, -0.15) is 0 Å². The summed E-state index contributed by atoms with van der Waals surface area (Å²) in [5, 5.41) is 11.2. The number of hydrogen-bond acceptors (Lipinski definition) is 3. The molecular weight excluding hydrogens is 234 g/mol. The molecule has 0 bridgehead atoms. The zero-order chi connectivity index (χ0) is 13.7. The highest BCUT2D eigenvalue weighted by atomic mass is 16.4. The number of hydrogen-bond donors (Lipinski definition) is 2. The number of aliphatic carboxylic acids is 1. The van der Waals surface area contributed by atoms with Gasteiger partial charge in [0.05, 0.1) is 6.42 Å². The van der Waals surface area contributed by atoms with Crippen molar-refractivity contribution in [1.82, 2.24) is 5.32 Å². The van der Waals surface area contributed by atoms with Crippen LogP contribution in [0.25, 0.3) is 0 Å². The van der Waals surface area contributed by atoms with E-state index in [1.165, 1.54) is 0 Å². The number of rotatable bonds is 6. The highest BCUT2D eigenvalue weighted by Crippen LogP contribution is 2.17. The van der Waals surface area contributed by atoms with Gasteiger partial charge in [-0.1, -0.05) is 13.8 Å².